The van der Waals surface area contributed by atoms with Gasteiger partial charge in [0.1, 0.15) is 11.6 Å². The largest absolute Gasteiger partial charge is 0.453 e. The number of methoxy groups -OCH3 is 1. The minimum Gasteiger partial charge on any atom is -0.453 e. The second-order valence-electron chi connectivity index (χ2n) is 6.77. The third-order valence-electron chi connectivity index (χ3n) is 4.73. The van der Waals surface area contributed by atoms with Crippen LogP contribution < -0.4 is 5.32 Å². The number of rotatable bonds is 6. The zero-order valence-corrected chi connectivity index (χ0v) is 17.0. The highest BCUT2D eigenvalue weighted by Crippen LogP contribution is 2.22. The van der Waals surface area contributed by atoms with Gasteiger partial charge in [0.05, 0.1) is 13.2 Å². The smallest absolute Gasteiger partial charge is 0.413 e. The van der Waals surface area contributed by atoms with Crippen molar-refractivity contribution in [2.45, 2.75) is 52.4 Å². The number of hydrogen-bond donors (Lipinski definition) is 1. The number of nitrogens with zero attached hydrogens (tertiary/aromatic N) is 2. The second-order valence-corrected chi connectivity index (χ2v) is 6.77. The summed E-state index contributed by atoms with van der Waals surface area (Å²) in [5.74, 6) is -1.80. The highest BCUT2D eigenvalue weighted by molar-refractivity contribution is 6.00. The number of amides is 2. The molecule has 0 bridgehead atoms. The SMILES string of the molecule is COC(=O)NC(=O)[C@@H](C)OC(=O)/C(C#N)=C/c1cc(C)n(C[C@@H]2CCCO2)c1C. The number of aryl methyl sites for hydroxylation is 1. The number of carbonyl (C=O) groups is 3. The van der Waals surface area contributed by atoms with Gasteiger partial charge in [-0.05, 0) is 51.3 Å². The van der Waals surface area contributed by atoms with Crippen molar-refractivity contribution in [3.63, 3.8) is 0 Å². The zero-order valence-electron chi connectivity index (χ0n) is 17.0. The van der Waals surface area contributed by atoms with Crippen molar-refractivity contribution >= 4 is 24.0 Å². The molecule has 1 saturated heterocycles. The van der Waals surface area contributed by atoms with E-state index in [1.165, 1.54) is 13.0 Å². The molecule has 1 aliphatic heterocycles. The Hall–Kier alpha value is -3.12. The van der Waals surface area contributed by atoms with E-state index in [1.54, 1.807) is 6.07 Å². The molecule has 0 saturated carbocycles. The fourth-order valence-electron chi connectivity index (χ4n) is 3.07. The average Bonchev–Trinajstić information content (AvgIpc) is 3.29. The molecule has 0 aromatic carbocycles. The first-order valence-corrected chi connectivity index (χ1v) is 9.26. The molecule has 1 aromatic rings. The number of aromatic nitrogens is 1. The lowest BCUT2D eigenvalue weighted by Gasteiger charge is -2.14. The number of carbonyl (C=O) groups excluding carboxylic acids is 3. The summed E-state index contributed by atoms with van der Waals surface area (Å²) >= 11 is 0. The van der Waals surface area contributed by atoms with Crippen molar-refractivity contribution in [1.82, 2.24) is 9.88 Å². The van der Waals surface area contributed by atoms with E-state index in [0.29, 0.717) is 12.1 Å². The highest BCUT2D eigenvalue weighted by Gasteiger charge is 2.23. The monoisotopic (exact) mass is 403 g/mol. The first kappa shape index (κ1) is 22.2. The van der Waals surface area contributed by atoms with Crippen LogP contribution in [0.1, 0.15) is 36.7 Å². The van der Waals surface area contributed by atoms with Crippen molar-refractivity contribution in [3.05, 3.63) is 28.6 Å². The van der Waals surface area contributed by atoms with Crippen LogP contribution in [0.3, 0.4) is 0 Å². The van der Waals surface area contributed by atoms with Crippen molar-refractivity contribution in [1.29, 1.82) is 5.26 Å². The highest BCUT2D eigenvalue weighted by atomic mass is 16.6. The van der Waals surface area contributed by atoms with Crippen LogP contribution in [0.5, 0.6) is 0 Å². The number of nitriles is 1. The van der Waals surface area contributed by atoms with Gasteiger partial charge in [-0.3, -0.25) is 10.1 Å². The molecule has 0 aliphatic carbocycles. The molecule has 2 heterocycles. The summed E-state index contributed by atoms with van der Waals surface area (Å²) in [4.78, 5) is 35.1. The predicted molar refractivity (Wildman–Crippen MR) is 103 cm³/mol. The van der Waals surface area contributed by atoms with Gasteiger partial charge in [-0.2, -0.15) is 5.26 Å². The van der Waals surface area contributed by atoms with Gasteiger partial charge in [0.2, 0.25) is 0 Å². The molecule has 2 atom stereocenters. The normalized spacial score (nSPS) is 17.3. The summed E-state index contributed by atoms with van der Waals surface area (Å²) in [6.07, 6.45) is 1.40. The molecule has 1 N–H and O–H groups in total. The van der Waals surface area contributed by atoms with Crippen LogP contribution in [0.4, 0.5) is 4.79 Å². The number of alkyl carbamates (subject to hydrolysis) is 1. The Morgan fingerprint density at radius 1 is 1.45 bits per heavy atom. The van der Waals surface area contributed by atoms with Gasteiger partial charge in [-0.15, -0.1) is 0 Å². The number of hydrogen-bond acceptors (Lipinski definition) is 7. The van der Waals surface area contributed by atoms with Gasteiger partial charge in [0, 0.05) is 24.5 Å². The summed E-state index contributed by atoms with van der Waals surface area (Å²) in [6, 6.07) is 3.68. The lowest BCUT2D eigenvalue weighted by Crippen LogP contribution is -2.39. The molecule has 0 unspecified atom stereocenters. The molecule has 1 aromatic heterocycles. The molecule has 1 fully saturated rings. The molecular formula is C20H25N3O6. The van der Waals surface area contributed by atoms with Gasteiger partial charge < -0.3 is 18.8 Å². The number of esters is 1. The van der Waals surface area contributed by atoms with E-state index in [0.717, 1.165) is 37.9 Å². The third-order valence-corrected chi connectivity index (χ3v) is 4.73. The van der Waals surface area contributed by atoms with Crippen LogP contribution in [0.15, 0.2) is 11.6 Å². The molecule has 156 valence electrons. The van der Waals surface area contributed by atoms with Gasteiger partial charge in [0.15, 0.2) is 6.10 Å². The van der Waals surface area contributed by atoms with Crippen LogP contribution in [0.25, 0.3) is 6.08 Å². The number of ether oxygens (including phenoxy) is 3. The van der Waals surface area contributed by atoms with Gasteiger partial charge in [-0.25, -0.2) is 9.59 Å². The van der Waals surface area contributed by atoms with Crippen LogP contribution >= 0.6 is 0 Å². The molecule has 1 aliphatic rings. The summed E-state index contributed by atoms with van der Waals surface area (Å²) in [5.41, 5.74) is 2.34. The summed E-state index contributed by atoms with van der Waals surface area (Å²) in [5, 5.41) is 11.3. The Morgan fingerprint density at radius 3 is 2.76 bits per heavy atom. The van der Waals surface area contributed by atoms with E-state index in [1.807, 2.05) is 25.2 Å². The minimum absolute atomic E-state index is 0.159. The Balaban J connectivity index is 2.12. The number of imide groups is 1. The van der Waals surface area contributed by atoms with Crippen molar-refractivity contribution in [2.24, 2.45) is 0 Å². The molecule has 2 rings (SSSR count). The van der Waals surface area contributed by atoms with Crippen molar-refractivity contribution in [2.75, 3.05) is 13.7 Å². The van der Waals surface area contributed by atoms with E-state index in [9.17, 15) is 19.6 Å². The van der Waals surface area contributed by atoms with Crippen LogP contribution in [0, 0.1) is 25.2 Å². The van der Waals surface area contributed by atoms with Gasteiger partial charge in [0.25, 0.3) is 5.91 Å². The van der Waals surface area contributed by atoms with E-state index in [-0.39, 0.29) is 11.7 Å². The zero-order chi connectivity index (χ0) is 21.6. The number of nitrogens with one attached hydrogen (secondary N) is 1. The minimum atomic E-state index is -1.27. The van der Waals surface area contributed by atoms with Crippen LogP contribution in [-0.4, -0.2) is 48.5 Å². The summed E-state index contributed by atoms with van der Waals surface area (Å²) in [7, 11) is 1.10. The standard InChI is InChI=1S/C20H25N3O6/c1-12-8-15(13(2)23(12)11-17-6-5-7-28-17)9-16(10-21)19(25)29-14(3)18(24)22-20(26)27-4/h8-9,14,17H,5-7,11H2,1-4H3,(H,22,24,26)/b16-9+/t14-,17+/m1/s1. The van der Waals surface area contributed by atoms with Crippen molar-refractivity contribution < 1.29 is 28.6 Å². The Kier molecular flexibility index (Phi) is 7.56. The lowest BCUT2D eigenvalue weighted by atomic mass is 10.1. The quantitative estimate of drug-likeness (QED) is 0.438. The Morgan fingerprint density at radius 2 is 2.17 bits per heavy atom. The Bertz CT molecular complexity index is 858. The second kappa shape index (κ2) is 9.89. The van der Waals surface area contributed by atoms with E-state index in [2.05, 4.69) is 9.30 Å². The molecule has 0 radical (unpaired) electrons. The third kappa shape index (κ3) is 5.68. The molecule has 9 nitrogen and oxygen atoms in total. The molecule has 9 heteroatoms. The molecule has 29 heavy (non-hydrogen) atoms. The van der Waals surface area contributed by atoms with Crippen molar-refractivity contribution in [3.8, 4) is 6.07 Å². The fourth-order valence-corrected chi connectivity index (χ4v) is 3.07. The maximum atomic E-state index is 12.3. The Labute approximate surface area is 169 Å². The predicted octanol–water partition coefficient (Wildman–Crippen LogP) is 2.01. The van der Waals surface area contributed by atoms with Crippen LogP contribution in [0.2, 0.25) is 0 Å². The molecule has 0 spiro atoms. The first-order valence-electron chi connectivity index (χ1n) is 9.26. The van der Waals surface area contributed by atoms with E-state index >= 15 is 0 Å². The van der Waals surface area contributed by atoms with E-state index < -0.39 is 24.1 Å². The maximum absolute atomic E-state index is 12.3. The average molecular weight is 403 g/mol. The first-order chi connectivity index (χ1) is 13.8. The summed E-state index contributed by atoms with van der Waals surface area (Å²) < 4.78 is 17.1. The topological polar surface area (TPSA) is 120 Å². The lowest BCUT2D eigenvalue weighted by molar-refractivity contribution is -0.150. The van der Waals surface area contributed by atoms with Crippen LogP contribution in [-0.2, 0) is 30.3 Å². The maximum Gasteiger partial charge on any atom is 0.413 e. The molecular weight excluding hydrogens is 378 g/mol. The molecule has 2 amide bonds. The van der Waals surface area contributed by atoms with Gasteiger partial charge in [-0.1, -0.05) is 0 Å². The van der Waals surface area contributed by atoms with E-state index in [4.69, 9.17) is 9.47 Å². The summed E-state index contributed by atoms with van der Waals surface area (Å²) in [6.45, 7) is 6.62. The van der Waals surface area contributed by atoms with Gasteiger partial charge >= 0.3 is 12.1 Å². The fraction of sp³-hybridized carbons (Fsp3) is 0.500.